The smallest absolute Gasteiger partial charge is 0.336 e. The topological polar surface area (TPSA) is 53.1 Å². The van der Waals surface area contributed by atoms with Crippen LogP contribution in [0.2, 0.25) is 0 Å². The molecule has 0 aromatic heterocycles. The minimum absolute atomic E-state index is 0.337. The Morgan fingerprint density at radius 3 is 2.25 bits per heavy atom. The van der Waals surface area contributed by atoms with Gasteiger partial charge in [-0.2, -0.15) is 0 Å². The van der Waals surface area contributed by atoms with Crippen molar-refractivity contribution in [1.82, 2.24) is 9.80 Å². The summed E-state index contributed by atoms with van der Waals surface area (Å²) in [5, 5.41) is 0. The van der Waals surface area contributed by atoms with Crippen LogP contribution in [-0.4, -0.2) is 50.0 Å². The molecule has 0 aliphatic carbocycles. The first-order valence-electron chi connectivity index (χ1n) is 6.10. The fraction of sp³-hybridized carbons (Fsp3) is 0.286. The van der Waals surface area contributed by atoms with E-state index in [9.17, 15) is 9.59 Å². The molecule has 1 aromatic carbocycles. The molecule has 0 unspecified atom stereocenters. The lowest BCUT2D eigenvalue weighted by atomic mass is 10.2. The van der Waals surface area contributed by atoms with Crippen LogP contribution in [0.3, 0.4) is 0 Å². The lowest BCUT2D eigenvalue weighted by molar-refractivity contribution is -0.114. The number of amides is 3. The van der Waals surface area contributed by atoms with Crippen LogP contribution in [0.5, 0.6) is 5.75 Å². The molecule has 0 N–H and O–H groups in total. The van der Waals surface area contributed by atoms with Crippen molar-refractivity contribution in [3.63, 3.8) is 0 Å². The van der Waals surface area contributed by atoms with Gasteiger partial charge in [0, 0.05) is 27.3 Å². The maximum Gasteiger partial charge on any atom is 0.336 e. The van der Waals surface area contributed by atoms with E-state index in [0.29, 0.717) is 17.1 Å². The number of methoxy groups -OCH3 is 1. The Morgan fingerprint density at radius 2 is 1.75 bits per heavy atom. The van der Waals surface area contributed by atoms with E-state index in [-0.39, 0.29) is 11.9 Å². The maximum atomic E-state index is 12.4. The predicted molar refractivity (Wildman–Crippen MR) is 75.4 cm³/mol. The van der Waals surface area contributed by atoms with Crippen molar-refractivity contribution in [1.29, 1.82) is 0 Å². The zero-order chi connectivity index (χ0) is 14.9. The first-order valence-corrected chi connectivity index (χ1v) is 6.10. The lowest BCUT2D eigenvalue weighted by Gasteiger charge is -2.13. The van der Waals surface area contributed by atoms with Crippen molar-refractivity contribution in [3.05, 3.63) is 36.2 Å². The number of nitrogens with zero attached hydrogens (tertiary/aromatic N) is 3. The van der Waals surface area contributed by atoms with E-state index in [4.69, 9.17) is 4.74 Å². The predicted octanol–water partition coefficient (Wildman–Crippen LogP) is 1.50. The van der Waals surface area contributed by atoms with Gasteiger partial charge in [0.05, 0.1) is 12.8 Å². The van der Waals surface area contributed by atoms with E-state index in [1.165, 1.54) is 4.90 Å². The van der Waals surface area contributed by atoms with Gasteiger partial charge in [0.1, 0.15) is 11.4 Å². The van der Waals surface area contributed by atoms with E-state index in [1.54, 1.807) is 63.6 Å². The van der Waals surface area contributed by atoms with Crippen LogP contribution in [0.4, 0.5) is 10.5 Å². The molecule has 0 bridgehead atoms. The van der Waals surface area contributed by atoms with Gasteiger partial charge in [0.2, 0.25) is 0 Å². The monoisotopic (exact) mass is 275 g/mol. The fourth-order valence-electron chi connectivity index (χ4n) is 1.94. The molecule has 1 aromatic rings. The zero-order valence-electron chi connectivity index (χ0n) is 12.0. The molecular weight excluding hydrogens is 258 g/mol. The highest BCUT2D eigenvalue weighted by Gasteiger charge is 2.39. The minimum Gasteiger partial charge on any atom is -0.497 e. The summed E-state index contributed by atoms with van der Waals surface area (Å²) in [6.07, 6.45) is 1.63. The Labute approximate surface area is 117 Å². The molecule has 1 aliphatic rings. The Balaban J connectivity index is 2.37. The van der Waals surface area contributed by atoms with Crippen LogP contribution in [0.25, 0.3) is 0 Å². The molecule has 3 amide bonds. The average Bonchev–Trinajstić information content (AvgIpc) is 2.63. The zero-order valence-corrected chi connectivity index (χ0v) is 12.0. The van der Waals surface area contributed by atoms with E-state index < -0.39 is 0 Å². The van der Waals surface area contributed by atoms with E-state index in [2.05, 4.69) is 0 Å². The van der Waals surface area contributed by atoms with Crippen LogP contribution in [-0.2, 0) is 4.79 Å². The standard InChI is InChI=1S/C14H17N3O3/c1-15(2)9-12-13(18)17(14(19)16(12)3)10-5-7-11(20-4)8-6-10/h5-9H,1-4H3. The molecule has 6 nitrogen and oxygen atoms in total. The first-order chi connectivity index (χ1) is 9.45. The number of hydrogen-bond donors (Lipinski definition) is 0. The Bertz CT molecular complexity index is 564. The van der Waals surface area contributed by atoms with E-state index in [0.717, 1.165) is 4.90 Å². The SMILES string of the molecule is COc1ccc(N2C(=O)C(=CN(C)C)N(C)C2=O)cc1. The third-order valence-corrected chi connectivity index (χ3v) is 2.97. The summed E-state index contributed by atoms with van der Waals surface area (Å²) in [6.45, 7) is 0. The van der Waals surface area contributed by atoms with Crippen LogP contribution in [0.15, 0.2) is 36.2 Å². The number of urea groups is 1. The van der Waals surface area contributed by atoms with Gasteiger partial charge in [-0.1, -0.05) is 0 Å². The molecule has 0 atom stereocenters. The number of imide groups is 1. The van der Waals surface area contributed by atoms with Crippen molar-refractivity contribution in [2.24, 2.45) is 0 Å². The molecule has 1 fully saturated rings. The summed E-state index contributed by atoms with van der Waals surface area (Å²) in [4.78, 5) is 28.8. The molecule has 0 saturated carbocycles. The number of anilines is 1. The lowest BCUT2D eigenvalue weighted by Crippen LogP contribution is -2.31. The van der Waals surface area contributed by atoms with Crippen molar-refractivity contribution in [3.8, 4) is 5.75 Å². The molecular formula is C14H17N3O3. The Hall–Kier alpha value is -2.50. The third-order valence-electron chi connectivity index (χ3n) is 2.97. The van der Waals surface area contributed by atoms with Gasteiger partial charge >= 0.3 is 6.03 Å². The largest absolute Gasteiger partial charge is 0.497 e. The number of carbonyl (C=O) groups is 2. The van der Waals surface area contributed by atoms with E-state index in [1.807, 2.05) is 0 Å². The second kappa shape index (κ2) is 5.24. The van der Waals surface area contributed by atoms with Crippen LogP contribution in [0, 0.1) is 0 Å². The highest BCUT2D eigenvalue weighted by Crippen LogP contribution is 2.27. The van der Waals surface area contributed by atoms with Gasteiger partial charge in [0.15, 0.2) is 0 Å². The molecule has 0 radical (unpaired) electrons. The summed E-state index contributed by atoms with van der Waals surface area (Å²) in [5.74, 6) is 0.335. The van der Waals surface area contributed by atoms with Crippen LogP contribution < -0.4 is 9.64 Å². The quantitative estimate of drug-likeness (QED) is 0.619. The normalized spacial score (nSPS) is 17.1. The molecule has 20 heavy (non-hydrogen) atoms. The van der Waals surface area contributed by atoms with Gasteiger partial charge in [-0.25, -0.2) is 9.69 Å². The molecule has 1 aliphatic heterocycles. The summed E-state index contributed by atoms with van der Waals surface area (Å²) in [6, 6.07) is 6.42. The van der Waals surface area contributed by atoms with Crippen LogP contribution in [0.1, 0.15) is 0 Å². The molecule has 6 heteroatoms. The maximum absolute atomic E-state index is 12.4. The van der Waals surface area contributed by atoms with Crippen molar-refractivity contribution in [2.75, 3.05) is 33.2 Å². The number of likely N-dealkylation sites (N-methyl/N-ethyl adjacent to an activating group) is 1. The second-order valence-electron chi connectivity index (χ2n) is 4.66. The summed E-state index contributed by atoms with van der Waals surface area (Å²) in [7, 11) is 6.75. The Morgan fingerprint density at radius 1 is 1.15 bits per heavy atom. The summed E-state index contributed by atoms with van der Waals surface area (Å²) in [5.41, 5.74) is 0.866. The molecule has 0 spiro atoms. The molecule has 2 rings (SSSR count). The number of ether oxygens (including phenoxy) is 1. The summed E-state index contributed by atoms with van der Waals surface area (Å²) < 4.78 is 5.06. The number of hydrogen-bond acceptors (Lipinski definition) is 4. The Kier molecular flexibility index (Phi) is 3.65. The average molecular weight is 275 g/mol. The first kappa shape index (κ1) is 13.9. The van der Waals surface area contributed by atoms with Gasteiger partial charge in [-0.05, 0) is 24.3 Å². The van der Waals surface area contributed by atoms with Crippen molar-refractivity contribution in [2.45, 2.75) is 0 Å². The van der Waals surface area contributed by atoms with Gasteiger partial charge < -0.3 is 9.64 Å². The van der Waals surface area contributed by atoms with E-state index >= 15 is 0 Å². The minimum atomic E-state index is -0.367. The van der Waals surface area contributed by atoms with Gasteiger partial charge in [-0.3, -0.25) is 9.69 Å². The highest BCUT2D eigenvalue weighted by molar-refractivity contribution is 6.26. The highest BCUT2D eigenvalue weighted by atomic mass is 16.5. The number of carbonyl (C=O) groups excluding carboxylic acids is 2. The molecule has 106 valence electrons. The fourth-order valence-corrected chi connectivity index (χ4v) is 1.94. The third kappa shape index (κ3) is 2.32. The molecule has 1 heterocycles. The number of benzene rings is 1. The van der Waals surface area contributed by atoms with Crippen molar-refractivity contribution >= 4 is 17.6 Å². The van der Waals surface area contributed by atoms with Gasteiger partial charge in [-0.15, -0.1) is 0 Å². The van der Waals surface area contributed by atoms with Crippen molar-refractivity contribution < 1.29 is 14.3 Å². The number of rotatable bonds is 3. The molecule has 1 saturated heterocycles. The summed E-state index contributed by atoms with van der Waals surface area (Å²) >= 11 is 0. The van der Waals surface area contributed by atoms with Gasteiger partial charge in [0.25, 0.3) is 5.91 Å². The second-order valence-corrected chi connectivity index (χ2v) is 4.66. The van der Waals surface area contributed by atoms with Crippen LogP contribution >= 0.6 is 0 Å².